The zero-order chi connectivity index (χ0) is 61.2. The van der Waals surface area contributed by atoms with Crippen LogP contribution in [0.25, 0.3) is 0 Å². The highest BCUT2D eigenvalue weighted by Gasteiger charge is 2.71. The Labute approximate surface area is 495 Å². The molecular weight excluding hydrogens is 1090 g/mol. The lowest BCUT2D eigenvalue weighted by Crippen LogP contribution is -2.67. The van der Waals surface area contributed by atoms with Gasteiger partial charge in [-0.3, -0.25) is 43.7 Å². The van der Waals surface area contributed by atoms with E-state index < -0.39 is 161 Å². The van der Waals surface area contributed by atoms with E-state index in [1.54, 1.807) is 0 Å². The van der Waals surface area contributed by atoms with Crippen LogP contribution in [0.3, 0.4) is 0 Å². The second kappa shape index (κ2) is 23.7. The standard InChI is InChI=1S/C65H81N3O17/c1-35(69)51-54(81-33-45(72)37-12-23-67-24-13-37)55(82-34-46(73)38-14-25-68-26-15-38)52(80-32-44(71)36-10-21-66-22-11-36)47(84-51)27-40-49(74)50(75)53(57(76)77)85-58(40)83-39-29-60(2,3)48-9-16-65(8)56(63(48,6)30-39)43(70)28-41-42-31-62(5,59(78)79)18-17-61(42,4)19-20-64(41,65)7/h10-15,21-26,28,39-40,42,47-56,58,74-75H,9,16-20,27,29-34H2,1-8H3,(H,76,77)(H,78,79). The van der Waals surface area contributed by atoms with Gasteiger partial charge in [-0.1, -0.05) is 47.1 Å². The summed E-state index contributed by atoms with van der Waals surface area (Å²) in [5, 5.41) is 45.0. The molecule has 19 unspecified atom stereocenters. The molecule has 4 saturated carbocycles. The van der Waals surface area contributed by atoms with E-state index in [9.17, 15) is 49.2 Å². The summed E-state index contributed by atoms with van der Waals surface area (Å²) in [7, 11) is 0. The minimum absolute atomic E-state index is 0.00736. The van der Waals surface area contributed by atoms with Crippen LogP contribution in [0.1, 0.15) is 151 Å². The molecule has 4 N–H and O–H groups in total. The number of ketones is 5. The minimum atomic E-state index is -2.01. The SMILES string of the molecule is CC(=O)C1OC(CC2C(OC3CC(C)(C)C4CCC5(C)C(C(=O)C=C6C7CC(C)(C(=O)O)CCC7(C)CCC65C)C4(C)C3)OC(C(=O)O)C(O)C2O)C(OCC(=O)c2ccncc2)C(OCC(=O)c2ccncc2)C1OCC(=O)c1ccncc1. The van der Waals surface area contributed by atoms with Crippen molar-refractivity contribution in [2.45, 2.75) is 181 Å². The lowest BCUT2D eigenvalue weighted by atomic mass is 9.33. The average molecular weight is 1180 g/mol. The molecule has 5 heterocycles. The number of aromatic nitrogens is 3. The summed E-state index contributed by atoms with van der Waals surface area (Å²) in [4.78, 5) is 109. The number of carbonyl (C=O) groups is 7. The lowest BCUT2D eigenvalue weighted by Gasteiger charge is -2.70. The van der Waals surface area contributed by atoms with Gasteiger partial charge in [0.15, 0.2) is 41.3 Å². The fraction of sp³-hybridized carbons (Fsp3) is 0.631. The first kappa shape index (κ1) is 62.2. The summed E-state index contributed by atoms with van der Waals surface area (Å²) in [6.07, 6.45) is 0.492. The van der Waals surface area contributed by atoms with E-state index in [1.807, 2.05) is 13.0 Å². The van der Waals surface area contributed by atoms with Crippen molar-refractivity contribution >= 4 is 40.9 Å². The molecule has 0 bridgehead atoms. The van der Waals surface area contributed by atoms with Crippen LogP contribution in [0.5, 0.6) is 0 Å². The summed E-state index contributed by atoms with van der Waals surface area (Å²) >= 11 is 0. The molecule has 6 fully saturated rings. The maximum atomic E-state index is 15.5. The van der Waals surface area contributed by atoms with Crippen LogP contribution < -0.4 is 0 Å². The van der Waals surface area contributed by atoms with Gasteiger partial charge in [0.25, 0.3) is 0 Å². The Bertz CT molecular complexity index is 3070. The van der Waals surface area contributed by atoms with Crippen LogP contribution in [0.4, 0.5) is 0 Å². The van der Waals surface area contributed by atoms with E-state index in [0.29, 0.717) is 25.7 Å². The van der Waals surface area contributed by atoms with Crippen LogP contribution in [0.15, 0.2) is 85.2 Å². The predicted molar refractivity (Wildman–Crippen MR) is 303 cm³/mol. The van der Waals surface area contributed by atoms with E-state index in [4.69, 9.17) is 28.4 Å². The number of pyridine rings is 3. The Hall–Kier alpha value is -5.84. The van der Waals surface area contributed by atoms with E-state index in [0.717, 1.165) is 37.7 Å². The highest BCUT2D eigenvalue weighted by molar-refractivity contribution is 5.98. The zero-order valence-corrected chi connectivity index (χ0v) is 49.7. The van der Waals surface area contributed by atoms with E-state index in [2.05, 4.69) is 56.5 Å². The molecule has 0 aromatic carbocycles. The topological polar surface area (TPSA) is 294 Å². The highest BCUT2D eigenvalue weighted by atomic mass is 16.7. The number of aliphatic hydroxyl groups excluding tert-OH is 2. The first-order valence-electron chi connectivity index (χ1n) is 29.8. The van der Waals surface area contributed by atoms with Gasteiger partial charge in [0.2, 0.25) is 0 Å². The first-order valence-corrected chi connectivity index (χ1v) is 29.8. The predicted octanol–water partition coefficient (Wildman–Crippen LogP) is 7.32. The largest absolute Gasteiger partial charge is 0.481 e. The number of fused-ring (bicyclic) bond motifs is 7. The van der Waals surface area contributed by atoms with Crippen molar-refractivity contribution in [1.29, 1.82) is 0 Å². The Morgan fingerprint density at radius 1 is 0.635 bits per heavy atom. The zero-order valence-electron chi connectivity index (χ0n) is 49.7. The number of nitrogens with zero attached hydrogens (tertiary/aromatic N) is 3. The van der Waals surface area contributed by atoms with Gasteiger partial charge in [0, 0.05) is 65.7 Å². The lowest BCUT2D eigenvalue weighted by molar-refractivity contribution is -0.313. The Morgan fingerprint density at radius 3 is 1.69 bits per heavy atom. The molecule has 19 atom stereocenters. The van der Waals surface area contributed by atoms with Crippen LogP contribution in [0.2, 0.25) is 0 Å². The van der Waals surface area contributed by atoms with E-state index in [1.165, 1.54) is 80.5 Å². The van der Waals surface area contributed by atoms with Crippen molar-refractivity contribution in [3.63, 3.8) is 0 Å². The van der Waals surface area contributed by atoms with Gasteiger partial charge in [-0.15, -0.1) is 0 Å². The van der Waals surface area contributed by atoms with Gasteiger partial charge in [-0.05, 0) is 159 Å². The first-order chi connectivity index (χ1) is 40.1. The molecule has 5 aliphatic carbocycles. The molecule has 3 aromatic heterocycles. The highest BCUT2D eigenvalue weighted by Crippen LogP contribution is 2.75. The average Bonchev–Trinajstić information content (AvgIpc) is 0.755. The van der Waals surface area contributed by atoms with Gasteiger partial charge < -0.3 is 48.8 Å². The molecule has 20 nitrogen and oxygen atoms in total. The summed E-state index contributed by atoms with van der Waals surface area (Å²) in [6, 6.07) is 8.93. The molecule has 20 heteroatoms. The number of hydrogen-bond acceptors (Lipinski definition) is 18. The molecule has 458 valence electrons. The number of carboxylic acids is 2. The van der Waals surface area contributed by atoms with Gasteiger partial charge in [-0.2, -0.15) is 0 Å². The van der Waals surface area contributed by atoms with Crippen molar-refractivity contribution in [3.05, 3.63) is 102 Å². The number of carbonyl (C=O) groups excluding carboxylic acids is 5. The fourth-order valence-corrected chi connectivity index (χ4v) is 17.1. The molecular formula is C65H81N3O17. The number of carboxylic acid groups (broad SMARTS) is 2. The van der Waals surface area contributed by atoms with Crippen LogP contribution in [-0.4, -0.2) is 157 Å². The van der Waals surface area contributed by atoms with E-state index >= 15 is 4.79 Å². The van der Waals surface area contributed by atoms with Gasteiger partial charge in [-0.25, -0.2) is 4.79 Å². The van der Waals surface area contributed by atoms with Crippen molar-refractivity contribution in [3.8, 4) is 0 Å². The third-order valence-corrected chi connectivity index (χ3v) is 21.8. The normalized spacial score (nSPS) is 39.4. The smallest absolute Gasteiger partial charge is 0.335 e. The van der Waals surface area contributed by atoms with Crippen LogP contribution >= 0.6 is 0 Å². The number of Topliss-reactive ketones (excluding diaryl/α,β-unsaturated/α-hetero) is 4. The van der Waals surface area contributed by atoms with Crippen LogP contribution in [-0.2, 0) is 47.6 Å². The van der Waals surface area contributed by atoms with Crippen molar-refractivity contribution in [1.82, 2.24) is 15.0 Å². The van der Waals surface area contributed by atoms with Gasteiger partial charge in [0.1, 0.15) is 50.3 Å². The monoisotopic (exact) mass is 1180 g/mol. The molecule has 3 aromatic rings. The fourth-order valence-electron chi connectivity index (χ4n) is 17.1. The molecule has 10 rings (SSSR count). The van der Waals surface area contributed by atoms with E-state index in [-0.39, 0.29) is 39.7 Å². The summed E-state index contributed by atoms with van der Waals surface area (Å²) in [6.45, 7) is 14.5. The number of ether oxygens (including phenoxy) is 6. The number of hydrogen-bond donors (Lipinski definition) is 4. The van der Waals surface area contributed by atoms with Crippen molar-refractivity contribution in [2.75, 3.05) is 19.8 Å². The van der Waals surface area contributed by atoms with Gasteiger partial charge >= 0.3 is 11.9 Å². The second-order valence-electron chi connectivity index (χ2n) is 27.4. The second-order valence-corrected chi connectivity index (χ2v) is 27.4. The third-order valence-electron chi connectivity index (χ3n) is 21.8. The Morgan fingerprint density at radius 2 is 1.16 bits per heavy atom. The maximum absolute atomic E-state index is 15.5. The molecule has 0 radical (unpaired) electrons. The molecule has 2 aliphatic heterocycles. The summed E-state index contributed by atoms with van der Waals surface area (Å²) in [5.74, 6) is -6.35. The molecule has 7 aliphatic rings. The maximum Gasteiger partial charge on any atom is 0.335 e. The minimum Gasteiger partial charge on any atom is -0.481 e. The molecule has 0 amide bonds. The Kier molecular flexibility index (Phi) is 17.3. The van der Waals surface area contributed by atoms with Crippen molar-refractivity contribution in [2.24, 2.45) is 56.2 Å². The molecule has 2 saturated heterocycles. The Balaban J connectivity index is 0.996. The quantitative estimate of drug-likeness (QED) is 0.0675. The summed E-state index contributed by atoms with van der Waals surface area (Å²) < 4.78 is 39.3. The van der Waals surface area contributed by atoms with Crippen molar-refractivity contribution < 1.29 is 82.4 Å². The number of rotatable bonds is 19. The summed E-state index contributed by atoms with van der Waals surface area (Å²) in [5.41, 5.74) is -1.43. The molecule has 0 spiro atoms. The molecule has 85 heavy (non-hydrogen) atoms. The number of aliphatic hydroxyl groups is 2. The number of aliphatic carboxylic acids is 2. The number of allylic oxidation sites excluding steroid dienone is 2. The van der Waals surface area contributed by atoms with Crippen LogP contribution in [0, 0.1) is 56.2 Å². The third kappa shape index (κ3) is 11.4. The van der Waals surface area contributed by atoms with Gasteiger partial charge in [0.05, 0.1) is 23.7 Å².